The molecule has 0 aliphatic carbocycles. The van der Waals surface area contributed by atoms with Crippen molar-refractivity contribution in [1.29, 1.82) is 0 Å². The van der Waals surface area contributed by atoms with Crippen LogP contribution in [0.2, 0.25) is 0 Å². The molecule has 9 nitrogen and oxygen atoms in total. The second-order valence-electron chi connectivity index (χ2n) is 7.49. The predicted octanol–water partition coefficient (Wildman–Crippen LogP) is 2.79. The van der Waals surface area contributed by atoms with Gasteiger partial charge in [0.1, 0.15) is 5.75 Å². The van der Waals surface area contributed by atoms with Gasteiger partial charge in [0.25, 0.3) is 5.69 Å². The van der Waals surface area contributed by atoms with Crippen LogP contribution in [0.1, 0.15) is 12.0 Å². The van der Waals surface area contributed by atoms with Crippen molar-refractivity contribution in [3.05, 3.63) is 64.7 Å². The highest BCUT2D eigenvalue weighted by molar-refractivity contribution is 5.61. The second kappa shape index (κ2) is 9.40. The Bertz CT molecular complexity index is 1160. The quantitative estimate of drug-likeness (QED) is 0.234. The first-order valence-electron chi connectivity index (χ1n) is 9.87. The van der Waals surface area contributed by atoms with Crippen molar-refractivity contribution < 1.29 is 14.8 Å². The number of pyridine rings is 2. The third-order valence-corrected chi connectivity index (χ3v) is 4.86. The maximum absolute atomic E-state index is 13.2. The van der Waals surface area contributed by atoms with Gasteiger partial charge >= 0.3 is 5.56 Å². The van der Waals surface area contributed by atoms with Gasteiger partial charge < -0.3 is 20.8 Å². The van der Waals surface area contributed by atoms with Crippen LogP contribution in [-0.2, 0) is 6.54 Å². The lowest BCUT2D eigenvalue weighted by molar-refractivity contribution is -0.597. The van der Waals surface area contributed by atoms with E-state index in [1.807, 2.05) is 37.2 Å². The normalized spacial score (nSPS) is 11.5. The van der Waals surface area contributed by atoms with E-state index in [2.05, 4.69) is 10.2 Å². The molecule has 0 fully saturated rings. The number of phenolic OH excluding ortho intramolecular Hbond substituents is 1. The van der Waals surface area contributed by atoms with Crippen molar-refractivity contribution >= 4 is 17.1 Å². The summed E-state index contributed by atoms with van der Waals surface area (Å²) in [6.07, 6.45) is 4.21. The van der Waals surface area contributed by atoms with Crippen LogP contribution in [0.5, 0.6) is 11.6 Å². The number of anilines is 1. The Morgan fingerprint density at radius 3 is 2.48 bits per heavy atom. The number of azo groups is 1. The van der Waals surface area contributed by atoms with Crippen LogP contribution >= 0.6 is 0 Å². The number of nitrogen functional groups attached to an aromatic ring is 1. The second-order valence-corrected chi connectivity index (χ2v) is 7.49. The lowest BCUT2D eigenvalue weighted by atomic mass is 10.2. The van der Waals surface area contributed by atoms with Gasteiger partial charge in [0.2, 0.25) is 5.88 Å². The van der Waals surface area contributed by atoms with Gasteiger partial charge in [-0.3, -0.25) is 9.36 Å². The molecule has 3 rings (SSSR count). The summed E-state index contributed by atoms with van der Waals surface area (Å²) in [4.78, 5) is 15.3. The molecule has 0 saturated carbocycles. The molecule has 0 saturated heterocycles. The summed E-state index contributed by atoms with van der Waals surface area (Å²) in [7, 11) is 3.90. The zero-order valence-corrected chi connectivity index (χ0v) is 17.9. The fourth-order valence-corrected chi connectivity index (χ4v) is 3.23. The average Bonchev–Trinajstić information content (AvgIpc) is 2.73. The van der Waals surface area contributed by atoms with E-state index in [0.717, 1.165) is 6.54 Å². The van der Waals surface area contributed by atoms with Crippen molar-refractivity contribution in [2.45, 2.75) is 19.9 Å². The van der Waals surface area contributed by atoms with E-state index in [1.165, 1.54) is 16.7 Å². The van der Waals surface area contributed by atoms with E-state index in [-0.39, 0.29) is 28.6 Å². The standard InChI is InChI=1S/C22H26N6O3/c1-15-19(25-24-16-8-9-18(29)17(23)14-16)21(30)28(13-7-10-26(2)3)22(31)20(15)27-11-5-4-6-12-27/h4-6,8-9,11-12,14H,7,10,13H2,1-3H3,(H3-,23,24,25,29,30,31)/p+1. The molecule has 0 radical (unpaired) electrons. The molecule has 0 spiro atoms. The topological polar surface area (TPSA) is 120 Å². The maximum Gasteiger partial charge on any atom is 0.326 e. The summed E-state index contributed by atoms with van der Waals surface area (Å²) in [6, 6.07) is 9.96. The monoisotopic (exact) mass is 423 g/mol. The lowest BCUT2D eigenvalue weighted by Gasteiger charge is -2.14. The maximum atomic E-state index is 13.2. The average molecular weight is 423 g/mol. The minimum atomic E-state index is -0.308. The molecule has 3 aromatic rings. The molecule has 31 heavy (non-hydrogen) atoms. The van der Waals surface area contributed by atoms with Crippen molar-refractivity contribution in [3.63, 3.8) is 0 Å². The summed E-state index contributed by atoms with van der Waals surface area (Å²) >= 11 is 0. The van der Waals surface area contributed by atoms with Crippen LogP contribution in [0.3, 0.4) is 0 Å². The molecular formula is C22H27N6O3+. The molecule has 4 N–H and O–H groups in total. The molecule has 2 heterocycles. The third kappa shape index (κ3) is 4.89. The fourth-order valence-electron chi connectivity index (χ4n) is 3.23. The van der Waals surface area contributed by atoms with E-state index in [9.17, 15) is 15.0 Å². The highest BCUT2D eigenvalue weighted by Crippen LogP contribution is 2.33. The van der Waals surface area contributed by atoms with E-state index in [0.29, 0.717) is 29.9 Å². The van der Waals surface area contributed by atoms with Gasteiger partial charge in [0.05, 0.1) is 16.9 Å². The predicted molar refractivity (Wildman–Crippen MR) is 119 cm³/mol. The van der Waals surface area contributed by atoms with E-state index in [4.69, 9.17) is 5.73 Å². The van der Waals surface area contributed by atoms with Crippen LogP contribution in [0.4, 0.5) is 17.1 Å². The number of nitrogens with zero attached hydrogens (tertiary/aromatic N) is 5. The minimum absolute atomic E-state index is 0.0461. The van der Waals surface area contributed by atoms with Crippen molar-refractivity contribution in [2.75, 3.05) is 26.4 Å². The molecule has 1 aromatic carbocycles. The first-order valence-corrected chi connectivity index (χ1v) is 9.87. The molecule has 0 bridgehead atoms. The first kappa shape index (κ1) is 22.0. The van der Waals surface area contributed by atoms with Crippen molar-refractivity contribution in [1.82, 2.24) is 9.47 Å². The third-order valence-electron chi connectivity index (χ3n) is 4.86. The van der Waals surface area contributed by atoms with E-state index in [1.54, 1.807) is 30.0 Å². The van der Waals surface area contributed by atoms with Gasteiger partial charge in [0.15, 0.2) is 18.1 Å². The Labute approximate surface area is 180 Å². The molecular weight excluding hydrogens is 396 g/mol. The van der Waals surface area contributed by atoms with Crippen molar-refractivity contribution in [2.24, 2.45) is 10.2 Å². The molecule has 162 valence electrons. The SMILES string of the molecule is Cc1c(N=Nc2ccc(O)c(N)c2)c(O)n(CCCN(C)C)c(=O)c1-[n+]1ccccc1. The Kier molecular flexibility index (Phi) is 6.66. The van der Waals surface area contributed by atoms with Crippen LogP contribution in [0.15, 0.2) is 63.8 Å². The van der Waals surface area contributed by atoms with Crippen LogP contribution < -0.4 is 15.9 Å². The number of nitrogens with two attached hydrogens (primary N) is 1. The minimum Gasteiger partial charge on any atom is -0.506 e. The van der Waals surface area contributed by atoms with E-state index >= 15 is 0 Å². The summed E-state index contributed by atoms with van der Waals surface area (Å²) < 4.78 is 3.03. The Morgan fingerprint density at radius 2 is 1.84 bits per heavy atom. The smallest absolute Gasteiger partial charge is 0.326 e. The number of hydrogen-bond donors (Lipinski definition) is 3. The van der Waals surface area contributed by atoms with Crippen LogP contribution in [-0.4, -0.2) is 40.3 Å². The molecule has 0 amide bonds. The lowest BCUT2D eigenvalue weighted by Crippen LogP contribution is -2.40. The zero-order chi connectivity index (χ0) is 22.5. The van der Waals surface area contributed by atoms with Gasteiger partial charge in [-0.2, -0.15) is 9.68 Å². The Morgan fingerprint density at radius 1 is 1.13 bits per heavy atom. The van der Waals surface area contributed by atoms with Gasteiger partial charge in [-0.1, -0.05) is 6.07 Å². The number of phenols is 1. The van der Waals surface area contributed by atoms with Gasteiger partial charge in [-0.05, 0) is 52.2 Å². The highest BCUT2D eigenvalue weighted by Gasteiger charge is 2.25. The van der Waals surface area contributed by atoms with Crippen LogP contribution in [0, 0.1) is 6.92 Å². The number of aromatic nitrogens is 2. The molecule has 0 aliphatic rings. The Hall–Kier alpha value is -3.72. The van der Waals surface area contributed by atoms with E-state index < -0.39 is 0 Å². The number of aromatic hydroxyl groups is 2. The number of rotatable bonds is 7. The summed E-state index contributed by atoms with van der Waals surface area (Å²) in [6.45, 7) is 2.82. The van der Waals surface area contributed by atoms with Gasteiger partial charge in [-0.25, -0.2) is 0 Å². The fraction of sp³-hybridized carbons (Fsp3) is 0.273. The molecule has 0 aliphatic heterocycles. The Balaban J connectivity index is 2.13. The molecule has 0 unspecified atom stereocenters. The summed E-state index contributed by atoms with van der Waals surface area (Å²) in [5, 5.41) is 28.9. The largest absolute Gasteiger partial charge is 0.506 e. The van der Waals surface area contributed by atoms with Gasteiger partial charge in [-0.15, -0.1) is 5.11 Å². The first-order chi connectivity index (χ1) is 14.8. The molecule has 2 aromatic heterocycles. The number of benzene rings is 1. The van der Waals surface area contributed by atoms with Gasteiger partial charge in [0, 0.05) is 18.7 Å². The highest BCUT2D eigenvalue weighted by atomic mass is 16.3. The summed E-state index contributed by atoms with van der Waals surface area (Å²) in [5.41, 5.74) is 7.08. The van der Waals surface area contributed by atoms with Crippen LogP contribution in [0.25, 0.3) is 5.69 Å². The molecule has 9 heteroatoms. The zero-order valence-electron chi connectivity index (χ0n) is 17.9. The number of hydrogen-bond acceptors (Lipinski definition) is 7. The summed E-state index contributed by atoms with van der Waals surface area (Å²) in [5.74, 6) is -0.285. The van der Waals surface area contributed by atoms with Crippen molar-refractivity contribution in [3.8, 4) is 17.3 Å². The molecule has 0 atom stereocenters.